The minimum absolute atomic E-state index is 0.214. The maximum Gasteiger partial charge on any atom is 0.165 e. The van der Waals surface area contributed by atoms with Gasteiger partial charge in [0.25, 0.3) is 0 Å². The molecular formula is C12H14FN3O. The standard InChI is InChI=1S/C12H14FN3O/c1-16-7-15-6-10(16)12(14)8-3-4-11(17-2)9(13)5-8/h3-7,12H,14H2,1-2H3/t12-/m0/s1. The molecule has 1 aromatic carbocycles. The summed E-state index contributed by atoms with van der Waals surface area (Å²) in [5.41, 5.74) is 7.57. The van der Waals surface area contributed by atoms with E-state index in [1.54, 1.807) is 24.7 Å². The molecule has 2 aromatic rings. The fourth-order valence-electron chi connectivity index (χ4n) is 1.71. The highest BCUT2D eigenvalue weighted by molar-refractivity contribution is 5.34. The van der Waals surface area contributed by atoms with Crippen LogP contribution in [0, 0.1) is 5.82 Å². The number of methoxy groups -OCH3 is 1. The first kappa shape index (κ1) is 11.6. The summed E-state index contributed by atoms with van der Waals surface area (Å²) in [6, 6.07) is 4.31. The van der Waals surface area contributed by atoms with Crippen LogP contribution in [0.2, 0.25) is 0 Å². The Balaban J connectivity index is 2.35. The lowest BCUT2D eigenvalue weighted by Gasteiger charge is -2.13. The van der Waals surface area contributed by atoms with Crippen molar-refractivity contribution in [2.75, 3.05) is 7.11 Å². The molecule has 1 heterocycles. The van der Waals surface area contributed by atoms with Gasteiger partial charge in [-0.15, -0.1) is 0 Å². The van der Waals surface area contributed by atoms with Gasteiger partial charge in [-0.2, -0.15) is 0 Å². The highest BCUT2D eigenvalue weighted by Crippen LogP contribution is 2.24. The van der Waals surface area contributed by atoms with Gasteiger partial charge in [0.2, 0.25) is 0 Å². The van der Waals surface area contributed by atoms with Crippen molar-refractivity contribution in [2.45, 2.75) is 6.04 Å². The maximum absolute atomic E-state index is 13.6. The zero-order valence-corrected chi connectivity index (χ0v) is 9.72. The molecule has 0 bridgehead atoms. The lowest BCUT2D eigenvalue weighted by molar-refractivity contribution is 0.386. The zero-order chi connectivity index (χ0) is 12.4. The van der Waals surface area contributed by atoms with Crippen molar-refractivity contribution in [3.8, 4) is 5.75 Å². The van der Waals surface area contributed by atoms with E-state index in [-0.39, 0.29) is 5.75 Å². The van der Waals surface area contributed by atoms with Crippen LogP contribution in [0.1, 0.15) is 17.3 Å². The molecule has 0 fully saturated rings. The normalized spacial score (nSPS) is 12.5. The molecule has 0 aliphatic heterocycles. The minimum atomic E-state index is -0.414. The van der Waals surface area contributed by atoms with E-state index in [1.807, 2.05) is 11.6 Å². The number of aromatic nitrogens is 2. The number of nitrogens with zero attached hydrogens (tertiary/aromatic N) is 2. The van der Waals surface area contributed by atoms with E-state index in [1.165, 1.54) is 13.2 Å². The van der Waals surface area contributed by atoms with E-state index < -0.39 is 11.9 Å². The third kappa shape index (κ3) is 2.14. The summed E-state index contributed by atoms with van der Waals surface area (Å²) >= 11 is 0. The van der Waals surface area contributed by atoms with Crippen LogP contribution in [0.5, 0.6) is 5.75 Å². The van der Waals surface area contributed by atoms with E-state index in [4.69, 9.17) is 10.5 Å². The average molecular weight is 235 g/mol. The molecule has 0 saturated carbocycles. The first-order valence-corrected chi connectivity index (χ1v) is 5.18. The Morgan fingerprint density at radius 2 is 2.24 bits per heavy atom. The first-order chi connectivity index (χ1) is 8.13. The molecule has 0 unspecified atom stereocenters. The molecule has 0 spiro atoms. The van der Waals surface area contributed by atoms with Gasteiger partial charge in [-0.1, -0.05) is 6.07 Å². The summed E-state index contributed by atoms with van der Waals surface area (Å²) in [5.74, 6) is -0.200. The summed E-state index contributed by atoms with van der Waals surface area (Å²) in [5, 5.41) is 0. The van der Waals surface area contributed by atoms with Crippen LogP contribution in [0.15, 0.2) is 30.7 Å². The molecule has 1 atom stereocenters. The van der Waals surface area contributed by atoms with Crippen LogP contribution in [0.4, 0.5) is 4.39 Å². The fourth-order valence-corrected chi connectivity index (χ4v) is 1.71. The topological polar surface area (TPSA) is 53.1 Å². The number of nitrogens with two attached hydrogens (primary N) is 1. The molecule has 2 N–H and O–H groups in total. The summed E-state index contributed by atoms with van der Waals surface area (Å²) in [6.07, 6.45) is 3.34. The first-order valence-electron chi connectivity index (χ1n) is 5.18. The summed E-state index contributed by atoms with van der Waals surface area (Å²) in [4.78, 5) is 3.99. The van der Waals surface area contributed by atoms with Crippen LogP contribution >= 0.6 is 0 Å². The second-order valence-corrected chi connectivity index (χ2v) is 3.80. The van der Waals surface area contributed by atoms with Crippen molar-refractivity contribution in [1.82, 2.24) is 9.55 Å². The van der Waals surface area contributed by atoms with E-state index >= 15 is 0 Å². The van der Waals surface area contributed by atoms with Crippen LogP contribution in [0.3, 0.4) is 0 Å². The lowest BCUT2D eigenvalue weighted by Crippen LogP contribution is -2.15. The second kappa shape index (κ2) is 4.55. The predicted octanol–water partition coefficient (Wildman–Crippen LogP) is 1.62. The third-order valence-corrected chi connectivity index (χ3v) is 2.71. The maximum atomic E-state index is 13.6. The smallest absolute Gasteiger partial charge is 0.165 e. The largest absolute Gasteiger partial charge is 0.494 e. The number of hydrogen-bond acceptors (Lipinski definition) is 3. The zero-order valence-electron chi connectivity index (χ0n) is 9.72. The Morgan fingerprint density at radius 3 is 2.76 bits per heavy atom. The molecule has 0 radical (unpaired) electrons. The fraction of sp³-hybridized carbons (Fsp3) is 0.250. The average Bonchev–Trinajstić information content (AvgIpc) is 2.74. The van der Waals surface area contributed by atoms with Crippen LogP contribution in [-0.2, 0) is 7.05 Å². The van der Waals surface area contributed by atoms with Gasteiger partial charge < -0.3 is 15.0 Å². The molecule has 0 aliphatic rings. The van der Waals surface area contributed by atoms with E-state index in [2.05, 4.69) is 4.98 Å². The van der Waals surface area contributed by atoms with Crippen LogP contribution in [0.25, 0.3) is 0 Å². The SMILES string of the molecule is COc1ccc([C@H](N)c2cncn2C)cc1F. The molecule has 4 nitrogen and oxygen atoms in total. The van der Waals surface area contributed by atoms with Crippen molar-refractivity contribution in [3.63, 3.8) is 0 Å². The predicted molar refractivity (Wildman–Crippen MR) is 62.2 cm³/mol. The number of aryl methyl sites for hydroxylation is 1. The highest BCUT2D eigenvalue weighted by Gasteiger charge is 2.14. The number of benzene rings is 1. The molecule has 0 aliphatic carbocycles. The molecule has 0 saturated heterocycles. The monoisotopic (exact) mass is 235 g/mol. The van der Waals surface area contributed by atoms with Gasteiger partial charge in [0.15, 0.2) is 11.6 Å². The van der Waals surface area contributed by atoms with Crippen molar-refractivity contribution in [2.24, 2.45) is 12.8 Å². The van der Waals surface area contributed by atoms with E-state index in [0.717, 1.165) is 5.69 Å². The molecule has 90 valence electrons. The Hall–Kier alpha value is -1.88. The van der Waals surface area contributed by atoms with Gasteiger partial charge in [-0.25, -0.2) is 9.37 Å². The van der Waals surface area contributed by atoms with Crippen LogP contribution in [-0.4, -0.2) is 16.7 Å². The number of hydrogen-bond donors (Lipinski definition) is 1. The third-order valence-electron chi connectivity index (χ3n) is 2.71. The van der Waals surface area contributed by atoms with Gasteiger partial charge in [0.1, 0.15) is 0 Å². The lowest BCUT2D eigenvalue weighted by atomic mass is 10.0. The quantitative estimate of drug-likeness (QED) is 0.879. The molecule has 2 rings (SSSR count). The molecule has 5 heteroatoms. The number of halogens is 1. The molecule has 0 amide bonds. The van der Waals surface area contributed by atoms with Crippen molar-refractivity contribution >= 4 is 0 Å². The number of ether oxygens (including phenoxy) is 1. The molecule has 1 aromatic heterocycles. The van der Waals surface area contributed by atoms with Gasteiger partial charge in [-0.3, -0.25) is 0 Å². The van der Waals surface area contributed by atoms with E-state index in [0.29, 0.717) is 5.56 Å². The van der Waals surface area contributed by atoms with Crippen LogP contribution < -0.4 is 10.5 Å². The Bertz CT molecular complexity index is 524. The number of imidazole rings is 1. The summed E-state index contributed by atoms with van der Waals surface area (Å²) in [7, 11) is 3.28. The number of rotatable bonds is 3. The van der Waals surface area contributed by atoms with Crippen molar-refractivity contribution in [3.05, 3.63) is 47.8 Å². The van der Waals surface area contributed by atoms with E-state index in [9.17, 15) is 4.39 Å². The summed E-state index contributed by atoms with van der Waals surface area (Å²) in [6.45, 7) is 0. The summed E-state index contributed by atoms with van der Waals surface area (Å²) < 4.78 is 20.2. The highest BCUT2D eigenvalue weighted by atomic mass is 19.1. The van der Waals surface area contributed by atoms with Crippen molar-refractivity contribution < 1.29 is 9.13 Å². The van der Waals surface area contributed by atoms with Crippen molar-refractivity contribution in [1.29, 1.82) is 0 Å². The second-order valence-electron chi connectivity index (χ2n) is 3.80. The van der Waals surface area contributed by atoms with Gasteiger partial charge >= 0.3 is 0 Å². The molecular weight excluding hydrogens is 221 g/mol. The molecule has 17 heavy (non-hydrogen) atoms. The van der Waals surface area contributed by atoms with Gasteiger partial charge in [-0.05, 0) is 17.7 Å². The van der Waals surface area contributed by atoms with Gasteiger partial charge in [0.05, 0.1) is 31.4 Å². The van der Waals surface area contributed by atoms with Gasteiger partial charge in [0, 0.05) is 7.05 Å². The Morgan fingerprint density at radius 1 is 1.47 bits per heavy atom. The Labute approximate surface area is 98.8 Å². The minimum Gasteiger partial charge on any atom is -0.494 e. The Kier molecular flexibility index (Phi) is 3.10.